The summed E-state index contributed by atoms with van der Waals surface area (Å²) in [4.78, 5) is 21.1. The van der Waals surface area contributed by atoms with E-state index in [0.717, 1.165) is 49.6 Å². The average Bonchev–Trinajstić information content (AvgIpc) is 3.27. The number of ether oxygens (including phenoxy) is 1. The van der Waals surface area contributed by atoms with E-state index in [4.69, 9.17) is 9.72 Å². The molecule has 0 aliphatic rings. The number of nitrogens with zero attached hydrogens (tertiary/aromatic N) is 4. The predicted octanol–water partition coefficient (Wildman–Crippen LogP) is 5.18. The van der Waals surface area contributed by atoms with Crippen molar-refractivity contribution in [1.29, 1.82) is 0 Å². The lowest BCUT2D eigenvalue weighted by molar-refractivity contribution is 0.416. The first-order valence-corrected chi connectivity index (χ1v) is 10.5. The van der Waals surface area contributed by atoms with E-state index in [0.29, 0.717) is 11.4 Å². The van der Waals surface area contributed by atoms with Crippen molar-refractivity contribution in [3.63, 3.8) is 0 Å². The highest BCUT2D eigenvalue weighted by Gasteiger charge is 2.16. The quantitative estimate of drug-likeness (QED) is 0.316. The molecule has 0 radical (unpaired) electrons. The Balaban J connectivity index is 1.63. The molecular formula is C23H19N5OS. The van der Waals surface area contributed by atoms with E-state index in [2.05, 4.69) is 57.2 Å². The van der Waals surface area contributed by atoms with Crippen molar-refractivity contribution in [3.05, 3.63) is 72.3 Å². The van der Waals surface area contributed by atoms with Crippen LogP contribution in [0.5, 0.6) is 5.75 Å². The van der Waals surface area contributed by atoms with E-state index in [1.165, 1.54) is 0 Å². The van der Waals surface area contributed by atoms with Gasteiger partial charge in [-0.15, -0.1) is 0 Å². The molecule has 0 fully saturated rings. The molecular weight excluding hydrogens is 394 g/mol. The molecule has 0 saturated carbocycles. The molecule has 5 rings (SSSR count). The number of rotatable bonds is 5. The van der Waals surface area contributed by atoms with Gasteiger partial charge >= 0.3 is 0 Å². The zero-order valence-corrected chi connectivity index (χ0v) is 17.4. The van der Waals surface area contributed by atoms with Crippen LogP contribution in [0.25, 0.3) is 33.3 Å². The largest absolute Gasteiger partial charge is 0.496 e. The number of nitrogens with one attached hydrogen (secondary N) is 1. The number of aryl methyl sites for hydroxylation is 1. The second-order valence-corrected chi connectivity index (χ2v) is 7.88. The molecule has 1 N–H and O–H groups in total. The van der Waals surface area contributed by atoms with Gasteiger partial charge in [-0.1, -0.05) is 42.1 Å². The monoisotopic (exact) mass is 413 g/mol. The Kier molecular flexibility index (Phi) is 4.80. The Labute approximate surface area is 177 Å². The number of aromatic nitrogens is 5. The molecule has 6 nitrogen and oxygen atoms in total. The Morgan fingerprint density at radius 2 is 1.93 bits per heavy atom. The number of hydrogen-bond acceptors (Lipinski definition) is 6. The van der Waals surface area contributed by atoms with Crippen molar-refractivity contribution < 1.29 is 4.74 Å². The van der Waals surface area contributed by atoms with Crippen molar-refractivity contribution in [2.24, 2.45) is 0 Å². The standard InChI is InChI=1S/C23H19N5OS/c1-14-6-5-7-15-10-16(11-30-23-21-22(25-12-24-21)26-13-27-23)20(28-19(14)15)17-8-3-4-9-18(17)29-2/h3-10,12-13H,11H2,1-2H3,(H,24,25,26,27). The van der Waals surface area contributed by atoms with Gasteiger partial charge in [0, 0.05) is 16.7 Å². The summed E-state index contributed by atoms with van der Waals surface area (Å²) in [5.74, 6) is 1.51. The van der Waals surface area contributed by atoms with Gasteiger partial charge in [0.2, 0.25) is 0 Å². The second kappa shape index (κ2) is 7.76. The van der Waals surface area contributed by atoms with E-state index >= 15 is 0 Å². The van der Waals surface area contributed by atoms with Crippen molar-refractivity contribution in [3.8, 4) is 17.0 Å². The maximum Gasteiger partial charge on any atom is 0.181 e. The molecule has 0 atom stereocenters. The molecule has 3 aromatic heterocycles. The molecule has 0 aliphatic carbocycles. The van der Waals surface area contributed by atoms with Crippen LogP contribution in [0.2, 0.25) is 0 Å². The summed E-state index contributed by atoms with van der Waals surface area (Å²) < 4.78 is 5.63. The SMILES string of the molecule is COc1ccccc1-c1nc2c(C)cccc2cc1CSc1ncnc2nc[nH]c12. The molecule has 0 saturated heterocycles. The molecule has 30 heavy (non-hydrogen) atoms. The Morgan fingerprint density at radius 3 is 2.83 bits per heavy atom. The minimum Gasteiger partial charge on any atom is -0.496 e. The van der Waals surface area contributed by atoms with Crippen molar-refractivity contribution >= 4 is 33.8 Å². The molecule has 0 spiro atoms. The summed E-state index contributed by atoms with van der Waals surface area (Å²) >= 11 is 1.64. The highest BCUT2D eigenvalue weighted by molar-refractivity contribution is 7.98. The van der Waals surface area contributed by atoms with Gasteiger partial charge in [-0.3, -0.25) is 0 Å². The van der Waals surface area contributed by atoms with Gasteiger partial charge in [0.15, 0.2) is 5.65 Å². The number of thioether (sulfide) groups is 1. The summed E-state index contributed by atoms with van der Waals surface area (Å²) in [6.07, 6.45) is 3.19. The van der Waals surface area contributed by atoms with Crippen molar-refractivity contribution in [1.82, 2.24) is 24.9 Å². The van der Waals surface area contributed by atoms with Crippen molar-refractivity contribution in [2.75, 3.05) is 7.11 Å². The highest BCUT2D eigenvalue weighted by Crippen LogP contribution is 2.36. The number of methoxy groups -OCH3 is 1. The maximum absolute atomic E-state index is 5.63. The van der Waals surface area contributed by atoms with E-state index in [1.807, 2.05) is 18.2 Å². The first-order chi connectivity index (χ1) is 14.7. The summed E-state index contributed by atoms with van der Waals surface area (Å²) in [6.45, 7) is 2.09. The number of H-pyrrole nitrogens is 1. The van der Waals surface area contributed by atoms with Gasteiger partial charge in [0.05, 0.1) is 24.6 Å². The van der Waals surface area contributed by atoms with Crippen LogP contribution in [0.1, 0.15) is 11.1 Å². The topological polar surface area (TPSA) is 76.6 Å². The molecule has 0 aliphatic heterocycles. The molecule has 0 unspecified atom stereocenters. The number of aromatic amines is 1. The van der Waals surface area contributed by atoms with Gasteiger partial charge in [-0.2, -0.15) is 0 Å². The van der Waals surface area contributed by atoms with E-state index < -0.39 is 0 Å². The number of para-hydroxylation sites is 2. The fourth-order valence-electron chi connectivity index (χ4n) is 3.57. The summed E-state index contributed by atoms with van der Waals surface area (Å²) in [6, 6.07) is 16.5. The third-order valence-electron chi connectivity index (χ3n) is 5.04. The van der Waals surface area contributed by atoms with Crippen LogP contribution in [0, 0.1) is 6.92 Å². The van der Waals surface area contributed by atoms with Gasteiger partial charge in [0.25, 0.3) is 0 Å². The van der Waals surface area contributed by atoms with Crippen LogP contribution in [0.4, 0.5) is 0 Å². The summed E-state index contributed by atoms with van der Waals surface area (Å²) in [5, 5.41) is 1.99. The molecule has 0 bridgehead atoms. The van der Waals surface area contributed by atoms with E-state index in [1.54, 1.807) is 31.5 Å². The summed E-state index contributed by atoms with van der Waals surface area (Å²) in [5.41, 5.74) is 6.71. The number of fused-ring (bicyclic) bond motifs is 2. The molecule has 2 aromatic carbocycles. The molecule has 3 heterocycles. The van der Waals surface area contributed by atoms with E-state index in [9.17, 15) is 0 Å². The van der Waals surface area contributed by atoms with Crippen LogP contribution >= 0.6 is 11.8 Å². The maximum atomic E-state index is 5.63. The van der Waals surface area contributed by atoms with Gasteiger partial charge in [0.1, 0.15) is 22.6 Å². The third-order valence-corrected chi connectivity index (χ3v) is 6.08. The predicted molar refractivity (Wildman–Crippen MR) is 120 cm³/mol. The zero-order chi connectivity index (χ0) is 20.5. The fourth-order valence-corrected chi connectivity index (χ4v) is 4.50. The second-order valence-electron chi connectivity index (χ2n) is 6.91. The van der Waals surface area contributed by atoms with Crippen LogP contribution in [-0.4, -0.2) is 32.0 Å². The summed E-state index contributed by atoms with van der Waals surface area (Å²) in [7, 11) is 1.69. The number of benzene rings is 2. The van der Waals surface area contributed by atoms with E-state index in [-0.39, 0.29) is 0 Å². The van der Waals surface area contributed by atoms with Crippen LogP contribution in [0.15, 0.2) is 66.2 Å². The van der Waals surface area contributed by atoms with Gasteiger partial charge in [-0.05, 0) is 36.2 Å². The first kappa shape index (κ1) is 18.6. The Hall–Kier alpha value is -3.45. The Bertz CT molecular complexity index is 1360. The van der Waals surface area contributed by atoms with Crippen LogP contribution in [-0.2, 0) is 5.75 Å². The average molecular weight is 414 g/mol. The number of hydrogen-bond donors (Lipinski definition) is 1. The lowest BCUT2D eigenvalue weighted by Gasteiger charge is -2.14. The Morgan fingerprint density at radius 1 is 1.03 bits per heavy atom. The molecule has 7 heteroatoms. The molecule has 0 amide bonds. The van der Waals surface area contributed by atoms with Crippen LogP contribution in [0.3, 0.4) is 0 Å². The zero-order valence-electron chi connectivity index (χ0n) is 16.6. The van der Waals surface area contributed by atoms with Crippen molar-refractivity contribution in [2.45, 2.75) is 17.7 Å². The molecule has 148 valence electrons. The number of imidazole rings is 1. The normalized spacial score (nSPS) is 11.3. The first-order valence-electron chi connectivity index (χ1n) is 9.54. The fraction of sp³-hybridized carbons (Fsp3) is 0.130. The smallest absolute Gasteiger partial charge is 0.181 e. The lowest BCUT2D eigenvalue weighted by Crippen LogP contribution is -1.97. The lowest BCUT2D eigenvalue weighted by atomic mass is 10.0. The third kappa shape index (κ3) is 3.27. The van der Waals surface area contributed by atoms with Gasteiger partial charge < -0.3 is 9.72 Å². The number of pyridine rings is 1. The highest BCUT2D eigenvalue weighted by atomic mass is 32.2. The van der Waals surface area contributed by atoms with Gasteiger partial charge in [-0.25, -0.2) is 19.9 Å². The minimum atomic E-state index is 0.671. The minimum absolute atomic E-state index is 0.671. The van der Waals surface area contributed by atoms with Crippen LogP contribution < -0.4 is 4.74 Å². The molecule has 5 aromatic rings.